The minimum atomic E-state index is -0.281. The zero-order valence-corrected chi connectivity index (χ0v) is 20.1. The molecule has 0 unspecified atom stereocenters. The van der Waals surface area contributed by atoms with Crippen molar-refractivity contribution in [3.05, 3.63) is 87.1 Å². The lowest BCUT2D eigenvalue weighted by Crippen LogP contribution is -2.16. The van der Waals surface area contributed by atoms with Gasteiger partial charge in [0.2, 0.25) is 4.77 Å². The molecule has 10 heteroatoms. The van der Waals surface area contributed by atoms with E-state index < -0.39 is 0 Å². The largest absolute Gasteiger partial charge is 0.490 e. The highest BCUT2D eigenvalue weighted by Gasteiger charge is 2.14. The summed E-state index contributed by atoms with van der Waals surface area (Å²) in [4.78, 5) is 4.04. The number of hydrogen-bond donors (Lipinski definition) is 2. The van der Waals surface area contributed by atoms with E-state index in [2.05, 4.69) is 36.5 Å². The Morgan fingerprint density at radius 2 is 1.85 bits per heavy atom. The van der Waals surface area contributed by atoms with Crippen molar-refractivity contribution in [3.63, 3.8) is 0 Å². The van der Waals surface area contributed by atoms with Crippen LogP contribution in [0.25, 0.3) is 11.4 Å². The molecule has 0 spiro atoms. The second-order valence-electron chi connectivity index (χ2n) is 7.01. The number of nitrogens with one attached hydrogen (secondary N) is 2. The lowest BCUT2D eigenvalue weighted by Gasteiger charge is -2.16. The number of rotatable bonds is 9. The van der Waals surface area contributed by atoms with Crippen LogP contribution in [0.4, 0.5) is 4.39 Å². The number of halogens is 2. The number of benzene rings is 2. The standard InChI is InChI=1S/C23H21BrFN5O2S/c1-2-31-20-12-16(11-19(24)21(20)32-14-15-3-5-18(25)6-4-15)13-27-30-22(28-29-23(30)33)17-7-9-26-10-8-17/h3-12,27H,2,13-14H2,1H3,(H,29,33). The lowest BCUT2D eigenvalue weighted by atomic mass is 10.2. The van der Waals surface area contributed by atoms with Gasteiger partial charge >= 0.3 is 0 Å². The predicted octanol–water partition coefficient (Wildman–Crippen LogP) is 5.63. The third-order valence-corrected chi connectivity index (χ3v) is 5.58. The summed E-state index contributed by atoms with van der Waals surface area (Å²) in [6, 6.07) is 13.8. The van der Waals surface area contributed by atoms with Crippen molar-refractivity contribution in [2.24, 2.45) is 0 Å². The number of pyridine rings is 1. The summed E-state index contributed by atoms with van der Waals surface area (Å²) < 4.78 is 27.9. The van der Waals surface area contributed by atoms with E-state index in [1.807, 2.05) is 31.2 Å². The zero-order chi connectivity index (χ0) is 23.2. The Balaban J connectivity index is 1.53. The minimum Gasteiger partial charge on any atom is -0.490 e. The zero-order valence-electron chi connectivity index (χ0n) is 17.7. The maximum absolute atomic E-state index is 13.2. The quantitative estimate of drug-likeness (QED) is 0.274. The van der Waals surface area contributed by atoms with Crippen LogP contribution in [0.15, 0.2) is 65.4 Å². The predicted molar refractivity (Wildman–Crippen MR) is 130 cm³/mol. The normalized spacial score (nSPS) is 10.8. The SMILES string of the molecule is CCOc1cc(CNn2c(-c3ccncc3)n[nH]c2=S)cc(Br)c1OCc1ccc(F)cc1. The molecule has 2 N–H and O–H groups in total. The van der Waals surface area contributed by atoms with Crippen LogP contribution in [0.5, 0.6) is 11.5 Å². The minimum absolute atomic E-state index is 0.281. The van der Waals surface area contributed by atoms with Crippen LogP contribution >= 0.6 is 28.1 Å². The fourth-order valence-electron chi connectivity index (χ4n) is 3.17. The maximum Gasteiger partial charge on any atom is 0.214 e. The molecule has 0 bridgehead atoms. The van der Waals surface area contributed by atoms with Gasteiger partial charge in [-0.2, -0.15) is 5.10 Å². The maximum atomic E-state index is 13.2. The summed E-state index contributed by atoms with van der Waals surface area (Å²) in [5, 5.41) is 7.13. The van der Waals surface area contributed by atoms with Crippen molar-refractivity contribution in [1.29, 1.82) is 0 Å². The van der Waals surface area contributed by atoms with Gasteiger partial charge in [-0.15, -0.1) is 0 Å². The Morgan fingerprint density at radius 1 is 1.09 bits per heavy atom. The number of H-pyrrole nitrogens is 1. The van der Waals surface area contributed by atoms with Gasteiger partial charge in [0, 0.05) is 18.0 Å². The Labute approximate surface area is 203 Å². The molecule has 4 aromatic rings. The summed E-state index contributed by atoms with van der Waals surface area (Å²) in [5.74, 6) is 1.57. The van der Waals surface area contributed by atoms with Crippen LogP contribution in [-0.2, 0) is 13.2 Å². The number of aromatic amines is 1. The molecule has 33 heavy (non-hydrogen) atoms. The molecule has 0 fully saturated rings. The highest BCUT2D eigenvalue weighted by molar-refractivity contribution is 9.10. The molecule has 4 rings (SSSR count). The number of nitrogens with zero attached hydrogens (tertiary/aromatic N) is 3. The van der Waals surface area contributed by atoms with E-state index in [4.69, 9.17) is 21.7 Å². The van der Waals surface area contributed by atoms with Gasteiger partial charge in [0.15, 0.2) is 17.3 Å². The average Bonchev–Trinajstić information content (AvgIpc) is 3.19. The molecule has 2 heterocycles. The molecule has 0 saturated carbocycles. The van der Waals surface area contributed by atoms with Crippen molar-refractivity contribution in [1.82, 2.24) is 19.9 Å². The van der Waals surface area contributed by atoms with E-state index in [0.717, 1.165) is 21.2 Å². The Hall–Kier alpha value is -3.24. The molecule has 2 aromatic heterocycles. The van der Waals surface area contributed by atoms with Crippen LogP contribution in [0.1, 0.15) is 18.1 Å². The van der Waals surface area contributed by atoms with Crippen LogP contribution in [-0.4, -0.2) is 26.5 Å². The summed E-state index contributed by atoms with van der Waals surface area (Å²) in [6.45, 7) is 3.14. The lowest BCUT2D eigenvalue weighted by molar-refractivity contribution is 0.267. The van der Waals surface area contributed by atoms with E-state index in [0.29, 0.717) is 35.2 Å². The van der Waals surface area contributed by atoms with Crippen LogP contribution < -0.4 is 14.9 Å². The monoisotopic (exact) mass is 529 g/mol. The summed E-state index contributed by atoms with van der Waals surface area (Å²) in [7, 11) is 0. The molecular formula is C23H21BrFN5O2S. The van der Waals surface area contributed by atoms with Crippen LogP contribution in [0.2, 0.25) is 0 Å². The van der Waals surface area contributed by atoms with E-state index in [9.17, 15) is 4.39 Å². The van der Waals surface area contributed by atoms with Gasteiger partial charge in [0.05, 0.1) is 17.6 Å². The van der Waals surface area contributed by atoms with E-state index >= 15 is 0 Å². The third kappa shape index (κ3) is 5.58. The van der Waals surface area contributed by atoms with E-state index in [1.54, 1.807) is 29.2 Å². The molecule has 170 valence electrons. The molecule has 0 aliphatic carbocycles. The Kier molecular flexibility index (Phi) is 7.36. The van der Waals surface area contributed by atoms with Crippen molar-refractivity contribution >= 4 is 28.1 Å². The molecule has 0 atom stereocenters. The molecule has 0 saturated heterocycles. The number of hydrogen-bond acceptors (Lipinski definition) is 6. The van der Waals surface area contributed by atoms with Crippen molar-refractivity contribution < 1.29 is 13.9 Å². The van der Waals surface area contributed by atoms with Crippen molar-refractivity contribution in [2.75, 3.05) is 12.0 Å². The van der Waals surface area contributed by atoms with Crippen molar-refractivity contribution in [2.45, 2.75) is 20.1 Å². The first-order chi connectivity index (χ1) is 16.0. The summed E-state index contributed by atoms with van der Waals surface area (Å²) in [5.41, 5.74) is 5.98. The van der Waals surface area contributed by atoms with Crippen LogP contribution in [0, 0.1) is 10.6 Å². The Morgan fingerprint density at radius 3 is 2.58 bits per heavy atom. The smallest absolute Gasteiger partial charge is 0.214 e. The second kappa shape index (κ2) is 10.6. The molecule has 0 amide bonds. The summed E-state index contributed by atoms with van der Waals surface area (Å²) >= 11 is 8.97. The van der Waals surface area contributed by atoms with Crippen LogP contribution in [0.3, 0.4) is 0 Å². The average molecular weight is 530 g/mol. The fourth-order valence-corrected chi connectivity index (χ4v) is 3.97. The van der Waals surface area contributed by atoms with Gasteiger partial charge in [0.1, 0.15) is 12.4 Å². The van der Waals surface area contributed by atoms with Gasteiger partial charge in [-0.25, -0.2) is 14.2 Å². The highest BCUT2D eigenvalue weighted by atomic mass is 79.9. The highest BCUT2D eigenvalue weighted by Crippen LogP contribution is 2.37. The topological polar surface area (TPSA) is 77.0 Å². The molecule has 0 radical (unpaired) electrons. The molecule has 7 nitrogen and oxygen atoms in total. The first kappa shape index (κ1) is 22.9. The second-order valence-corrected chi connectivity index (χ2v) is 8.25. The molecule has 0 aliphatic rings. The fraction of sp³-hybridized carbons (Fsp3) is 0.174. The number of ether oxygens (including phenoxy) is 2. The first-order valence-electron chi connectivity index (χ1n) is 10.2. The van der Waals surface area contributed by atoms with Gasteiger partial charge in [-0.05, 0) is 82.6 Å². The van der Waals surface area contributed by atoms with E-state index in [-0.39, 0.29) is 12.4 Å². The Bertz CT molecular complexity index is 1280. The van der Waals surface area contributed by atoms with Crippen molar-refractivity contribution in [3.8, 4) is 22.9 Å². The molecular weight excluding hydrogens is 509 g/mol. The van der Waals surface area contributed by atoms with Gasteiger partial charge in [-0.1, -0.05) is 12.1 Å². The summed E-state index contributed by atoms with van der Waals surface area (Å²) in [6.07, 6.45) is 3.40. The van der Waals surface area contributed by atoms with Gasteiger partial charge < -0.3 is 14.9 Å². The van der Waals surface area contributed by atoms with Gasteiger partial charge in [-0.3, -0.25) is 4.98 Å². The molecule has 0 aliphatic heterocycles. The molecule has 2 aromatic carbocycles. The van der Waals surface area contributed by atoms with E-state index in [1.165, 1.54) is 12.1 Å². The third-order valence-electron chi connectivity index (χ3n) is 4.72. The van der Waals surface area contributed by atoms with Gasteiger partial charge in [0.25, 0.3) is 0 Å². The number of aromatic nitrogens is 4. The first-order valence-corrected chi connectivity index (χ1v) is 11.4.